The fourth-order valence-corrected chi connectivity index (χ4v) is 4.05. The van der Waals surface area contributed by atoms with Gasteiger partial charge in [0.05, 0.1) is 11.2 Å². The Hall–Kier alpha value is -1.35. The van der Waals surface area contributed by atoms with E-state index in [2.05, 4.69) is 39.8 Å². The first kappa shape index (κ1) is 12.4. The standard InChI is InChI=1S/C17H23N3/c1-19-9-7-14-6-8-18-16(17(14)19)10-13-11-20(12-13)15-4-2-3-5-15/h6-9,13,15H,2-5,10-12H2,1H3. The molecule has 2 aliphatic rings. The molecule has 1 saturated heterocycles. The van der Waals surface area contributed by atoms with Gasteiger partial charge in [-0.15, -0.1) is 0 Å². The van der Waals surface area contributed by atoms with Crippen LogP contribution in [0.5, 0.6) is 0 Å². The molecule has 1 aliphatic heterocycles. The summed E-state index contributed by atoms with van der Waals surface area (Å²) in [7, 11) is 2.12. The Morgan fingerprint density at radius 2 is 2.00 bits per heavy atom. The molecule has 2 aromatic rings. The SMILES string of the molecule is Cn1ccc2ccnc(CC3CN(C4CCCC4)C3)c21. The Bertz CT molecular complexity index is 604. The Balaban J connectivity index is 1.45. The molecule has 2 aromatic heterocycles. The minimum absolute atomic E-state index is 0.809. The number of pyridine rings is 1. The molecule has 4 rings (SSSR count). The van der Waals surface area contributed by atoms with E-state index in [1.54, 1.807) is 0 Å². The zero-order valence-electron chi connectivity index (χ0n) is 12.3. The molecule has 0 unspecified atom stereocenters. The van der Waals surface area contributed by atoms with Crippen molar-refractivity contribution in [2.75, 3.05) is 13.1 Å². The number of aryl methyl sites for hydroxylation is 1. The van der Waals surface area contributed by atoms with E-state index in [-0.39, 0.29) is 0 Å². The second kappa shape index (κ2) is 4.88. The second-order valence-corrected chi connectivity index (χ2v) is 6.58. The average molecular weight is 269 g/mol. The van der Waals surface area contributed by atoms with Crippen LogP contribution in [0.15, 0.2) is 24.5 Å². The van der Waals surface area contributed by atoms with Crippen LogP contribution in [0.25, 0.3) is 10.9 Å². The van der Waals surface area contributed by atoms with Gasteiger partial charge in [0.2, 0.25) is 0 Å². The maximum atomic E-state index is 4.64. The van der Waals surface area contributed by atoms with Gasteiger partial charge in [0.25, 0.3) is 0 Å². The fraction of sp³-hybridized carbons (Fsp3) is 0.588. The van der Waals surface area contributed by atoms with Gasteiger partial charge in [0, 0.05) is 44.0 Å². The molecular weight excluding hydrogens is 246 g/mol. The lowest BCUT2D eigenvalue weighted by atomic mass is 9.91. The van der Waals surface area contributed by atoms with Crippen LogP contribution in [0.2, 0.25) is 0 Å². The van der Waals surface area contributed by atoms with Gasteiger partial charge in [0.15, 0.2) is 0 Å². The third kappa shape index (κ3) is 2.05. The number of aromatic nitrogens is 2. The van der Waals surface area contributed by atoms with Gasteiger partial charge in [-0.25, -0.2) is 0 Å². The lowest BCUT2D eigenvalue weighted by Gasteiger charge is -2.43. The van der Waals surface area contributed by atoms with Gasteiger partial charge in [-0.1, -0.05) is 12.8 Å². The molecule has 106 valence electrons. The van der Waals surface area contributed by atoms with Gasteiger partial charge in [-0.3, -0.25) is 9.88 Å². The molecule has 0 atom stereocenters. The maximum Gasteiger partial charge on any atom is 0.0696 e. The van der Waals surface area contributed by atoms with E-state index in [9.17, 15) is 0 Å². The summed E-state index contributed by atoms with van der Waals surface area (Å²) in [6.45, 7) is 2.57. The number of hydrogen-bond acceptors (Lipinski definition) is 2. The highest BCUT2D eigenvalue weighted by Gasteiger charge is 2.33. The lowest BCUT2D eigenvalue weighted by Crippen LogP contribution is -2.52. The highest BCUT2D eigenvalue weighted by atomic mass is 15.2. The largest absolute Gasteiger partial charge is 0.349 e. The molecule has 0 radical (unpaired) electrons. The zero-order valence-corrected chi connectivity index (χ0v) is 12.3. The number of nitrogens with zero attached hydrogens (tertiary/aromatic N) is 3. The quantitative estimate of drug-likeness (QED) is 0.854. The summed E-state index contributed by atoms with van der Waals surface area (Å²) in [5, 5.41) is 1.32. The van der Waals surface area contributed by atoms with Crippen molar-refractivity contribution < 1.29 is 0 Å². The third-order valence-electron chi connectivity index (χ3n) is 5.17. The van der Waals surface area contributed by atoms with Crippen molar-refractivity contribution in [1.29, 1.82) is 0 Å². The average Bonchev–Trinajstić information content (AvgIpc) is 3.04. The van der Waals surface area contributed by atoms with E-state index in [1.165, 1.54) is 55.4 Å². The Morgan fingerprint density at radius 1 is 1.20 bits per heavy atom. The predicted octanol–water partition coefficient (Wildman–Crippen LogP) is 2.99. The van der Waals surface area contributed by atoms with Crippen molar-refractivity contribution >= 4 is 10.9 Å². The van der Waals surface area contributed by atoms with Crippen molar-refractivity contribution in [3.05, 3.63) is 30.2 Å². The summed E-state index contributed by atoms with van der Waals surface area (Å²) in [5.74, 6) is 0.809. The molecule has 0 N–H and O–H groups in total. The van der Waals surface area contributed by atoms with Crippen molar-refractivity contribution in [1.82, 2.24) is 14.5 Å². The Kier molecular flexibility index (Phi) is 3.03. The normalized spacial score (nSPS) is 21.6. The summed E-state index contributed by atoms with van der Waals surface area (Å²) < 4.78 is 2.21. The number of hydrogen-bond donors (Lipinski definition) is 0. The third-order valence-corrected chi connectivity index (χ3v) is 5.17. The first-order valence-electron chi connectivity index (χ1n) is 7.94. The minimum Gasteiger partial charge on any atom is -0.349 e. The molecule has 3 heterocycles. The summed E-state index contributed by atoms with van der Waals surface area (Å²) in [5.41, 5.74) is 2.61. The van der Waals surface area contributed by atoms with E-state index < -0.39 is 0 Å². The van der Waals surface area contributed by atoms with E-state index >= 15 is 0 Å². The summed E-state index contributed by atoms with van der Waals surface area (Å²) >= 11 is 0. The van der Waals surface area contributed by atoms with Gasteiger partial charge in [0.1, 0.15) is 0 Å². The maximum absolute atomic E-state index is 4.64. The zero-order chi connectivity index (χ0) is 13.5. The van der Waals surface area contributed by atoms with E-state index in [0.717, 1.165) is 18.4 Å². The van der Waals surface area contributed by atoms with Gasteiger partial charge in [-0.2, -0.15) is 0 Å². The highest BCUT2D eigenvalue weighted by molar-refractivity contribution is 5.81. The highest BCUT2D eigenvalue weighted by Crippen LogP contribution is 2.31. The van der Waals surface area contributed by atoms with Crippen LogP contribution >= 0.6 is 0 Å². The molecule has 1 saturated carbocycles. The van der Waals surface area contributed by atoms with E-state index in [4.69, 9.17) is 0 Å². The minimum atomic E-state index is 0.809. The molecule has 0 spiro atoms. The van der Waals surface area contributed by atoms with Crippen molar-refractivity contribution in [2.45, 2.75) is 38.1 Å². The summed E-state index contributed by atoms with van der Waals surface area (Å²) in [4.78, 5) is 7.34. The number of fused-ring (bicyclic) bond motifs is 1. The molecule has 0 amide bonds. The molecular formula is C17H23N3. The predicted molar refractivity (Wildman–Crippen MR) is 81.7 cm³/mol. The molecule has 0 bridgehead atoms. The summed E-state index contributed by atoms with van der Waals surface area (Å²) in [6, 6.07) is 5.20. The van der Waals surface area contributed by atoms with Crippen LogP contribution in [-0.2, 0) is 13.5 Å². The Morgan fingerprint density at radius 3 is 2.80 bits per heavy atom. The van der Waals surface area contributed by atoms with Crippen molar-refractivity contribution in [2.24, 2.45) is 13.0 Å². The fourth-order valence-electron chi connectivity index (χ4n) is 4.05. The molecule has 3 heteroatoms. The van der Waals surface area contributed by atoms with Crippen LogP contribution in [0, 0.1) is 5.92 Å². The molecule has 1 aliphatic carbocycles. The smallest absolute Gasteiger partial charge is 0.0696 e. The molecule has 0 aromatic carbocycles. The first-order chi connectivity index (χ1) is 9.81. The summed E-state index contributed by atoms with van der Waals surface area (Å²) in [6.07, 6.45) is 11.0. The van der Waals surface area contributed by atoms with E-state index in [1.807, 2.05) is 6.20 Å². The second-order valence-electron chi connectivity index (χ2n) is 6.58. The van der Waals surface area contributed by atoms with Crippen molar-refractivity contribution in [3.63, 3.8) is 0 Å². The van der Waals surface area contributed by atoms with Crippen LogP contribution in [-0.4, -0.2) is 33.6 Å². The van der Waals surface area contributed by atoms with Gasteiger partial charge >= 0.3 is 0 Å². The van der Waals surface area contributed by atoms with Crippen LogP contribution in [0.3, 0.4) is 0 Å². The first-order valence-corrected chi connectivity index (χ1v) is 7.94. The van der Waals surface area contributed by atoms with E-state index in [0.29, 0.717) is 0 Å². The van der Waals surface area contributed by atoms with Crippen LogP contribution in [0.4, 0.5) is 0 Å². The Labute approximate surface area is 120 Å². The topological polar surface area (TPSA) is 21.1 Å². The van der Waals surface area contributed by atoms with Crippen LogP contribution < -0.4 is 0 Å². The monoisotopic (exact) mass is 269 g/mol. The van der Waals surface area contributed by atoms with Gasteiger partial charge < -0.3 is 4.57 Å². The van der Waals surface area contributed by atoms with Gasteiger partial charge in [-0.05, 0) is 37.3 Å². The number of rotatable bonds is 3. The molecule has 20 heavy (non-hydrogen) atoms. The molecule has 2 fully saturated rings. The number of likely N-dealkylation sites (tertiary alicyclic amines) is 1. The lowest BCUT2D eigenvalue weighted by molar-refractivity contribution is 0.0551. The van der Waals surface area contributed by atoms with Crippen molar-refractivity contribution in [3.8, 4) is 0 Å². The molecule has 3 nitrogen and oxygen atoms in total. The van der Waals surface area contributed by atoms with Crippen LogP contribution in [0.1, 0.15) is 31.4 Å².